The number of hydrogen-bond donors (Lipinski definition) is 5. The molecule has 1 atom stereocenters. The van der Waals surface area contributed by atoms with E-state index in [2.05, 4.69) is 20.3 Å². The van der Waals surface area contributed by atoms with Crippen LogP contribution < -0.4 is 16.6 Å². The van der Waals surface area contributed by atoms with Crippen molar-refractivity contribution in [3.05, 3.63) is 50.6 Å². The van der Waals surface area contributed by atoms with Gasteiger partial charge in [0.2, 0.25) is 5.95 Å². The molecule has 180 valence electrons. The Hall–Kier alpha value is -3.87. The van der Waals surface area contributed by atoms with Gasteiger partial charge in [-0.15, -0.1) is 11.3 Å². The minimum Gasteiger partial charge on any atom is -0.481 e. The molecule has 34 heavy (non-hydrogen) atoms. The first kappa shape index (κ1) is 24.8. The fourth-order valence-corrected chi connectivity index (χ4v) is 4.36. The van der Waals surface area contributed by atoms with E-state index in [9.17, 15) is 23.6 Å². The molecule has 11 nitrogen and oxygen atoms in total. The number of amides is 1. The molecule has 0 saturated carbocycles. The quantitative estimate of drug-likeness (QED) is 0.249. The van der Waals surface area contributed by atoms with E-state index in [4.69, 9.17) is 15.9 Å². The molecule has 3 aromatic rings. The number of unbranched alkanes of at least 4 members (excludes halogenated alkanes) is 1. The molecular weight excluding hydrogens is 469 g/mol. The maximum absolute atomic E-state index is 14.4. The van der Waals surface area contributed by atoms with E-state index in [1.54, 1.807) is 6.07 Å². The van der Waals surface area contributed by atoms with Crippen molar-refractivity contribution >= 4 is 45.3 Å². The number of aliphatic carboxylic acids is 2. The van der Waals surface area contributed by atoms with Crippen LogP contribution in [0.2, 0.25) is 0 Å². The number of nitrogens with zero attached hydrogens (tertiary/aromatic N) is 2. The topological polar surface area (TPSA) is 188 Å². The summed E-state index contributed by atoms with van der Waals surface area (Å²) in [5.74, 6) is -4.50. The van der Waals surface area contributed by atoms with Crippen molar-refractivity contribution in [1.82, 2.24) is 20.3 Å². The van der Waals surface area contributed by atoms with E-state index >= 15 is 0 Å². The molecular formula is C21H22FN5O6S. The molecule has 0 spiro atoms. The molecule has 0 unspecified atom stereocenters. The molecule has 6 N–H and O–H groups in total. The molecule has 3 aromatic heterocycles. The van der Waals surface area contributed by atoms with Crippen LogP contribution in [0, 0.1) is 5.82 Å². The van der Waals surface area contributed by atoms with E-state index < -0.39 is 41.8 Å². The van der Waals surface area contributed by atoms with Crippen molar-refractivity contribution in [2.24, 2.45) is 0 Å². The second kappa shape index (κ2) is 10.8. The standard InChI is InChI=1S/C21H22FN5O6S/c22-13-7-10(9-24-16(13)18(31)25-14(20(32)33)5-6-15(28)29)3-1-2-4-11-8-12-17(30)26-21(23)27-19(12)34-11/h7-9,14H,1-6H2,(H,25,31)(H,28,29)(H,32,33)(H3,23,26,27,30)/t14-/m0/s1. The summed E-state index contributed by atoms with van der Waals surface area (Å²) in [6.45, 7) is 0. The second-order valence-electron chi connectivity index (χ2n) is 7.56. The van der Waals surface area contributed by atoms with Crippen molar-refractivity contribution in [1.29, 1.82) is 0 Å². The van der Waals surface area contributed by atoms with Crippen LogP contribution >= 0.6 is 11.3 Å². The fraction of sp³-hybridized carbons (Fsp3) is 0.333. The normalized spacial score (nSPS) is 11.9. The summed E-state index contributed by atoms with van der Waals surface area (Å²) < 4.78 is 14.4. The lowest BCUT2D eigenvalue weighted by Gasteiger charge is -2.13. The number of fused-ring (bicyclic) bond motifs is 1. The predicted octanol–water partition coefficient (Wildman–Crippen LogP) is 1.71. The Bertz CT molecular complexity index is 1290. The number of hydrogen-bond acceptors (Lipinski definition) is 8. The van der Waals surface area contributed by atoms with Gasteiger partial charge in [-0.25, -0.2) is 19.2 Å². The van der Waals surface area contributed by atoms with E-state index in [1.807, 2.05) is 0 Å². The first-order valence-electron chi connectivity index (χ1n) is 10.3. The molecule has 0 aromatic carbocycles. The maximum Gasteiger partial charge on any atom is 0.326 e. The van der Waals surface area contributed by atoms with Crippen molar-refractivity contribution in [2.75, 3.05) is 5.73 Å². The number of rotatable bonds is 11. The van der Waals surface area contributed by atoms with E-state index in [0.717, 1.165) is 11.3 Å². The van der Waals surface area contributed by atoms with Gasteiger partial charge in [0, 0.05) is 17.5 Å². The van der Waals surface area contributed by atoms with Crippen molar-refractivity contribution in [3.63, 3.8) is 0 Å². The number of carboxylic acids is 2. The summed E-state index contributed by atoms with van der Waals surface area (Å²) in [6.07, 6.45) is 3.19. The zero-order valence-corrected chi connectivity index (χ0v) is 18.7. The van der Waals surface area contributed by atoms with Gasteiger partial charge >= 0.3 is 11.9 Å². The zero-order valence-electron chi connectivity index (χ0n) is 17.8. The molecule has 0 aliphatic rings. The Labute approximate surface area is 195 Å². The average molecular weight is 492 g/mol. The summed E-state index contributed by atoms with van der Waals surface area (Å²) in [7, 11) is 0. The van der Waals surface area contributed by atoms with Crippen LogP contribution in [-0.2, 0) is 22.4 Å². The molecule has 13 heteroatoms. The van der Waals surface area contributed by atoms with E-state index in [0.29, 0.717) is 35.0 Å². The third-order valence-electron chi connectivity index (χ3n) is 4.97. The van der Waals surface area contributed by atoms with Gasteiger partial charge in [-0.05, 0) is 49.8 Å². The van der Waals surface area contributed by atoms with Gasteiger partial charge in [-0.2, -0.15) is 0 Å². The van der Waals surface area contributed by atoms with E-state index in [-0.39, 0.29) is 17.9 Å². The Morgan fingerprint density at radius 2 is 1.94 bits per heavy atom. The number of aromatic amines is 1. The number of H-pyrrole nitrogens is 1. The maximum atomic E-state index is 14.4. The minimum atomic E-state index is -1.47. The minimum absolute atomic E-state index is 0.0660. The lowest BCUT2D eigenvalue weighted by molar-refractivity contribution is -0.140. The molecule has 0 bridgehead atoms. The molecule has 3 heterocycles. The zero-order chi connectivity index (χ0) is 24.8. The third kappa shape index (κ3) is 6.34. The highest BCUT2D eigenvalue weighted by atomic mass is 32.1. The van der Waals surface area contributed by atoms with Gasteiger partial charge < -0.3 is 21.3 Å². The number of pyridine rings is 1. The lowest BCUT2D eigenvalue weighted by Crippen LogP contribution is -2.41. The van der Waals surface area contributed by atoms with Gasteiger partial charge in [-0.3, -0.25) is 19.4 Å². The molecule has 0 saturated heterocycles. The van der Waals surface area contributed by atoms with Gasteiger partial charge in [0.15, 0.2) is 11.5 Å². The Kier molecular flexibility index (Phi) is 7.89. The Balaban J connectivity index is 1.54. The molecule has 1 amide bonds. The number of carbonyl (C=O) groups is 3. The van der Waals surface area contributed by atoms with Crippen LogP contribution in [0.4, 0.5) is 10.3 Å². The number of halogens is 1. The van der Waals surface area contributed by atoms with Crippen molar-refractivity contribution in [2.45, 2.75) is 44.6 Å². The number of aryl methyl sites for hydroxylation is 2. The van der Waals surface area contributed by atoms with E-state index in [1.165, 1.54) is 23.6 Å². The number of carbonyl (C=O) groups excluding carboxylic acids is 1. The summed E-state index contributed by atoms with van der Waals surface area (Å²) in [5, 5.41) is 20.4. The second-order valence-corrected chi connectivity index (χ2v) is 8.68. The monoisotopic (exact) mass is 491 g/mol. The number of nitrogen functional groups attached to an aromatic ring is 1. The lowest BCUT2D eigenvalue weighted by atomic mass is 10.1. The molecule has 0 radical (unpaired) electrons. The summed E-state index contributed by atoms with van der Waals surface area (Å²) in [5.41, 5.74) is 5.27. The predicted molar refractivity (Wildman–Crippen MR) is 121 cm³/mol. The summed E-state index contributed by atoms with van der Waals surface area (Å²) in [6, 6.07) is 1.47. The molecule has 0 aliphatic carbocycles. The number of nitrogens with two attached hydrogens (primary N) is 1. The Morgan fingerprint density at radius 1 is 1.21 bits per heavy atom. The summed E-state index contributed by atoms with van der Waals surface area (Å²) >= 11 is 1.39. The van der Waals surface area contributed by atoms with Crippen molar-refractivity contribution in [3.8, 4) is 0 Å². The summed E-state index contributed by atoms with van der Waals surface area (Å²) in [4.78, 5) is 57.9. The smallest absolute Gasteiger partial charge is 0.326 e. The van der Waals surface area contributed by atoms with Crippen LogP contribution in [-0.4, -0.2) is 49.1 Å². The fourth-order valence-electron chi connectivity index (χ4n) is 3.28. The highest BCUT2D eigenvalue weighted by molar-refractivity contribution is 7.18. The highest BCUT2D eigenvalue weighted by Gasteiger charge is 2.24. The number of thiophene rings is 1. The van der Waals surface area contributed by atoms with Gasteiger partial charge in [0.05, 0.1) is 5.39 Å². The van der Waals surface area contributed by atoms with Gasteiger partial charge in [0.25, 0.3) is 11.5 Å². The SMILES string of the molecule is Nc1nc2sc(CCCCc3cnc(C(=O)N[C@@H](CCC(=O)O)C(=O)O)c(F)c3)cc2c(=O)[nH]1. The van der Waals surface area contributed by atoms with Crippen LogP contribution in [0.5, 0.6) is 0 Å². The van der Waals surface area contributed by atoms with Crippen LogP contribution in [0.1, 0.15) is 46.6 Å². The number of nitrogens with one attached hydrogen (secondary N) is 2. The Morgan fingerprint density at radius 3 is 2.62 bits per heavy atom. The molecule has 3 rings (SSSR count). The third-order valence-corrected chi connectivity index (χ3v) is 6.06. The van der Waals surface area contributed by atoms with Crippen molar-refractivity contribution < 1.29 is 29.0 Å². The molecule has 0 fully saturated rings. The van der Waals surface area contributed by atoms with Crippen LogP contribution in [0.3, 0.4) is 0 Å². The average Bonchev–Trinajstić information content (AvgIpc) is 3.17. The molecule has 0 aliphatic heterocycles. The van der Waals surface area contributed by atoms with Crippen LogP contribution in [0.15, 0.2) is 23.1 Å². The van der Waals surface area contributed by atoms with Crippen LogP contribution in [0.25, 0.3) is 10.2 Å². The van der Waals surface area contributed by atoms with Gasteiger partial charge in [-0.1, -0.05) is 0 Å². The van der Waals surface area contributed by atoms with Gasteiger partial charge in [0.1, 0.15) is 10.9 Å². The first-order chi connectivity index (χ1) is 16.1. The number of aromatic nitrogens is 3. The number of carboxylic acid groups (broad SMARTS) is 2. The highest BCUT2D eigenvalue weighted by Crippen LogP contribution is 2.23. The number of anilines is 1. The largest absolute Gasteiger partial charge is 0.481 e. The first-order valence-corrected chi connectivity index (χ1v) is 11.1.